The van der Waals surface area contributed by atoms with Gasteiger partial charge in [0, 0.05) is 19.0 Å². The number of benzene rings is 1. The topological polar surface area (TPSA) is 29.9 Å². The molecule has 4 heteroatoms. The molecule has 1 atom stereocenters. The third kappa shape index (κ3) is 2.02. The lowest BCUT2D eigenvalue weighted by Gasteiger charge is -2.11. The number of imidazole rings is 1. The normalized spacial score (nSPS) is 19.8. The number of hydrogen-bond donors (Lipinski definition) is 1. The molecule has 2 heterocycles. The van der Waals surface area contributed by atoms with Gasteiger partial charge < -0.3 is 9.88 Å². The van der Waals surface area contributed by atoms with Crippen molar-refractivity contribution in [1.82, 2.24) is 14.9 Å². The lowest BCUT2D eigenvalue weighted by molar-refractivity contribution is 0.565. The van der Waals surface area contributed by atoms with Crippen molar-refractivity contribution in [3.63, 3.8) is 0 Å². The van der Waals surface area contributed by atoms with E-state index in [1.165, 1.54) is 12.8 Å². The Labute approximate surface area is 112 Å². The van der Waals surface area contributed by atoms with Gasteiger partial charge in [0.1, 0.15) is 5.82 Å². The van der Waals surface area contributed by atoms with Gasteiger partial charge >= 0.3 is 0 Å². The third-order valence-corrected chi connectivity index (χ3v) is 4.01. The third-order valence-electron chi connectivity index (χ3n) is 3.70. The smallest absolute Gasteiger partial charge is 0.111 e. The van der Waals surface area contributed by atoms with E-state index >= 15 is 0 Å². The predicted molar refractivity (Wildman–Crippen MR) is 75.1 cm³/mol. The lowest BCUT2D eigenvalue weighted by Crippen LogP contribution is -2.25. The Balaban J connectivity index is 2.02. The molecule has 1 aliphatic heterocycles. The molecule has 18 heavy (non-hydrogen) atoms. The molecule has 96 valence electrons. The van der Waals surface area contributed by atoms with Crippen LogP contribution < -0.4 is 5.32 Å². The summed E-state index contributed by atoms with van der Waals surface area (Å²) in [6.07, 6.45) is 3.53. The zero-order chi connectivity index (χ0) is 12.5. The van der Waals surface area contributed by atoms with Crippen LogP contribution in [0.2, 0.25) is 5.02 Å². The molecular weight excluding hydrogens is 246 g/mol. The highest BCUT2D eigenvalue weighted by Gasteiger charge is 2.19. The van der Waals surface area contributed by atoms with Crippen molar-refractivity contribution in [2.45, 2.75) is 38.8 Å². The molecule has 1 aromatic carbocycles. The minimum absolute atomic E-state index is 0.575. The van der Waals surface area contributed by atoms with Gasteiger partial charge in [0.05, 0.1) is 16.1 Å². The number of aryl methyl sites for hydroxylation is 1. The molecule has 0 saturated carbocycles. The molecule has 0 radical (unpaired) electrons. The number of aromatic nitrogens is 2. The molecule has 0 bridgehead atoms. The van der Waals surface area contributed by atoms with Crippen LogP contribution >= 0.6 is 11.6 Å². The first-order chi connectivity index (χ1) is 8.79. The van der Waals surface area contributed by atoms with Crippen molar-refractivity contribution in [1.29, 1.82) is 0 Å². The average molecular weight is 264 g/mol. The van der Waals surface area contributed by atoms with E-state index in [4.69, 9.17) is 16.6 Å². The Bertz CT molecular complexity index is 555. The number of para-hydroxylation sites is 1. The zero-order valence-corrected chi connectivity index (χ0v) is 11.4. The fraction of sp³-hybridized carbons (Fsp3) is 0.500. The summed E-state index contributed by atoms with van der Waals surface area (Å²) in [5.74, 6) is 1.15. The SMILES string of the molecule is CCn1c(CC2CCCN2)nc2cccc(Cl)c21. The Kier molecular flexibility index (Phi) is 3.27. The molecule has 2 aromatic rings. The van der Waals surface area contributed by atoms with E-state index in [0.717, 1.165) is 41.4 Å². The largest absolute Gasteiger partial charge is 0.327 e. The van der Waals surface area contributed by atoms with Crippen molar-refractivity contribution in [2.24, 2.45) is 0 Å². The Morgan fingerprint density at radius 3 is 3.11 bits per heavy atom. The maximum Gasteiger partial charge on any atom is 0.111 e. The molecule has 0 spiro atoms. The lowest BCUT2D eigenvalue weighted by atomic mass is 10.1. The first kappa shape index (κ1) is 12.0. The highest BCUT2D eigenvalue weighted by Crippen LogP contribution is 2.25. The van der Waals surface area contributed by atoms with Crippen molar-refractivity contribution < 1.29 is 0 Å². The summed E-state index contributed by atoms with van der Waals surface area (Å²) in [5, 5.41) is 4.33. The van der Waals surface area contributed by atoms with Crippen LogP contribution in [-0.2, 0) is 13.0 Å². The summed E-state index contributed by atoms with van der Waals surface area (Å²) in [6, 6.07) is 6.52. The number of hydrogen-bond acceptors (Lipinski definition) is 2. The minimum Gasteiger partial charge on any atom is -0.327 e. The summed E-state index contributed by atoms with van der Waals surface area (Å²) in [4.78, 5) is 4.75. The van der Waals surface area contributed by atoms with Gasteiger partial charge in [-0.3, -0.25) is 0 Å². The molecule has 3 rings (SSSR count). The van der Waals surface area contributed by atoms with Gasteiger partial charge in [-0.2, -0.15) is 0 Å². The van der Waals surface area contributed by atoms with Crippen LogP contribution in [0.25, 0.3) is 11.0 Å². The summed E-state index contributed by atoms with van der Waals surface area (Å²) in [5.41, 5.74) is 2.09. The maximum atomic E-state index is 6.29. The van der Waals surface area contributed by atoms with Crippen LogP contribution in [0.15, 0.2) is 18.2 Å². The van der Waals surface area contributed by atoms with E-state index in [1.807, 2.05) is 18.2 Å². The molecule has 1 saturated heterocycles. The molecular formula is C14H18ClN3. The van der Waals surface area contributed by atoms with Crippen LogP contribution in [-0.4, -0.2) is 22.1 Å². The Hall–Kier alpha value is -1.06. The van der Waals surface area contributed by atoms with Crippen LogP contribution in [0.5, 0.6) is 0 Å². The average Bonchev–Trinajstić information content (AvgIpc) is 2.97. The molecule has 1 fully saturated rings. The highest BCUT2D eigenvalue weighted by molar-refractivity contribution is 6.35. The van der Waals surface area contributed by atoms with Gasteiger partial charge in [-0.15, -0.1) is 0 Å². The Morgan fingerprint density at radius 1 is 1.50 bits per heavy atom. The van der Waals surface area contributed by atoms with Gasteiger partial charge in [-0.25, -0.2) is 4.98 Å². The zero-order valence-electron chi connectivity index (χ0n) is 10.6. The van der Waals surface area contributed by atoms with E-state index in [0.29, 0.717) is 6.04 Å². The molecule has 1 unspecified atom stereocenters. The van der Waals surface area contributed by atoms with Crippen LogP contribution in [0.1, 0.15) is 25.6 Å². The maximum absolute atomic E-state index is 6.29. The summed E-state index contributed by atoms with van der Waals surface area (Å²) in [7, 11) is 0. The van der Waals surface area contributed by atoms with E-state index in [1.54, 1.807) is 0 Å². The predicted octanol–water partition coefficient (Wildman–Crippen LogP) is 3.00. The van der Waals surface area contributed by atoms with Gasteiger partial charge in [-0.1, -0.05) is 17.7 Å². The van der Waals surface area contributed by atoms with Gasteiger partial charge in [0.2, 0.25) is 0 Å². The van der Waals surface area contributed by atoms with Gasteiger partial charge in [-0.05, 0) is 38.4 Å². The summed E-state index contributed by atoms with van der Waals surface area (Å²) < 4.78 is 2.25. The monoisotopic (exact) mass is 263 g/mol. The minimum atomic E-state index is 0.575. The van der Waals surface area contributed by atoms with E-state index in [2.05, 4.69) is 16.8 Å². The molecule has 0 amide bonds. The van der Waals surface area contributed by atoms with Gasteiger partial charge in [0.25, 0.3) is 0 Å². The number of nitrogens with one attached hydrogen (secondary N) is 1. The summed E-state index contributed by atoms with van der Waals surface area (Å²) >= 11 is 6.29. The number of halogens is 1. The number of fused-ring (bicyclic) bond motifs is 1. The van der Waals surface area contributed by atoms with Crippen molar-refractivity contribution in [2.75, 3.05) is 6.54 Å². The highest BCUT2D eigenvalue weighted by atomic mass is 35.5. The fourth-order valence-electron chi connectivity index (χ4n) is 2.84. The van der Waals surface area contributed by atoms with E-state index in [9.17, 15) is 0 Å². The Morgan fingerprint density at radius 2 is 2.39 bits per heavy atom. The molecule has 3 nitrogen and oxygen atoms in total. The molecule has 1 N–H and O–H groups in total. The molecule has 1 aliphatic rings. The fourth-order valence-corrected chi connectivity index (χ4v) is 3.11. The van der Waals surface area contributed by atoms with Crippen molar-refractivity contribution >= 4 is 22.6 Å². The second kappa shape index (κ2) is 4.90. The van der Waals surface area contributed by atoms with Crippen LogP contribution in [0.4, 0.5) is 0 Å². The standard InChI is InChI=1S/C14H18ClN3/c1-2-18-13(9-10-5-4-8-16-10)17-12-7-3-6-11(15)14(12)18/h3,6-7,10,16H,2,4-5,8-9H2,1H3. The second-order valence-electron chi connectivity index (χ2n) is 4.88. The number of rotatable bonds is 3. The van der Waals surface area contributed by atoms with E-state index < -0.39 is 0 Å². The van der Waals surface area contributed by atoms with Crippen molar-refractivity contribution in [3.05, 3.63) is 29.0 Å². The summed E-state index contributed by atoms with van der Waals surface area (Å²) in [6.45, 7) is 4.20. The quantitative estimate of drug-likeness (QED) is 0.923. The molecule has 0 aliphatic carbocycles. The molecule has 1 aromatic heterocycles. The van der Waals surface area contributed by atoms with Gasteiger partial charge in [0.15, 0.2) is 0 Å². The second-order valence-corrected chi connectivity index (χ2v) is 5.28. The van der Waals surface area contributed by atoms with Crippen LogP contribution in [0, 0.1) is 0 Å². The van der Waals surface area contributed by atoms with Crippen LogP contribution in [0.3, 0.4) is 0 Å². The first-order valence-corrected chi connectivity index (χ1v) is 7.04. The van der Waals surface area contributed by atoms with Crippen molar-refractivity contribution in [3.8, 4) is 0 Å². The number of nitrogens with zero attached hydrogens (tertiary/aromatic N) is 2. The first-order valence-electron chi connectivity index (χ1n) is 6.66. The van der Waals surface area contributed by atoms with E-state index in [-0.39, 0.29) is 0 Å².